The van der Waals surface area contributed by atoms with E-state index in [4.69, 9.17) is 18.9 Å². The van der Waals surface area contributed by atoms with Crippen molar-refractivity contribution in [3.05, 3.63) is 23.9 Å². The minimum atomic E-state index is -3.38. The SMILES string of the molecule is CC[C@@H]1[C@@H]2CN(C(=O)[C@H](C(C)(C)C)NC(=O)OC3C[C@H]3CCCCC(F)(F)c3nc4ccc(OC)cc4nc3O2)[C@@H]1C(=O)OCC(C)C. The largest absolute Gasteiger partial charge is 0.497 e. The fraction of sp³-hybridized carbons (Fsp3) is 0.686. The number of nitrogens with zero attached hydrogens (tertiary/aromatic N) is 3. The monoisotopic (exact) mass is 674 g/mol. The van der Waals surface area contributed by atoms with Gasteiger partial charge in [-0.2, -0.15) is 8.78 Å². The molecule has 2 amide bonds. The summed E-state index contributed by atoms with van der Waals surface area (Å²) in [6.45, 7) is 11.1. The number of hydrogen-bond donors (Lipinski definition) is 1. The zero-order valence-corrected chi connectivity index (χ0v) is 28.9. The predicted octanol–water partition coefficient (Wildman–Crippen LogP) is 6.02. The Morgan fingerprint density at radius 3 is 2.54 bits per heavy atom. The Balaban J connectivity index is 1.60. The second-order valence-electron chi connectivity index (χ2n) is 14.8. The van der Waals surface area contributed by atoms with Crippen LogP contribution < -0.4 is 14.8 Å². The number of ether oxygens (including phenoxy) is 4. The van der Waals surface area contributed by atoms with Crippen molar-refractivity contribution >= 4 is 29.0 Å². The zero-order valence-electron chi connectivity index (χ0n) is 28.9. The average Bonchev–Trinajstić information content (AvgIpc) is 3.65. The molecule has 2 aromatic rings. The van der Waals surface area contributed by atoms with E-state index >= 15 is 8.78 Å². The minimum absolute atomic E-state index is 0.0361. The van der Waals surface area contributed by atoms with E-state index in [9.17, 15) is 14.4 Å². The normalized spacial score (nSPS) is 27.9. The number of benzene rings is 1. The highest BCUT2D eigenvalue weighted by Gasteiger charge is 2.53. The number of alkyl halides is 2. The molecule has 1 N–H and O–H groups in total. The number of nitrogens with one attached hydrogen (secondary N) is 1. The summed E-state index contributed by atoms with van der Waals surface area (Å²) in [7, 11) is 1.49. The number of esters is 1. The van der Waals surface area contributed by atoms with E-state index in [2.05, 4.69) is 15.3 Å². The number of rotatable bonds is 5. The first-order valence-corrected chi connectivity index (χ1v) is 17.0. The smallest absolute Gasteiger partial charge is 0.408 e. The molecule has 2 aliphatic heterocycles. The summed E-state index contributed by atoms with van der Waals surface area (Å²) in [5.74, 6) is -4.96. The highest BCUT2D eigenvalue weighted by molar-refractivity contribution is 5.91. The average molecular weight is 675 g/mol. The Hall–Kier alpha value is -3.77. The van der Waals surface area contributed by atoms with Crippen molar-refractivity contribution in [1.29, 1.82) is 0 Å². The van der Waals surface area contributed by atoms with Gasteiger partial charge in [0.05, 0.1) is 31.3 Å². The van der Waals surface area contributed by atoms with Gasteiger partial charge in [-0.05, 0) is 55.1 Å². The van der Waals surface area contributed by atoms with Crippen LogP contribution >= 0.6 is 0 Å². The molecule has 3 heterocycles. The molecule has 48 heavy (non-hydrogen) atoms. The molecule has 6 atom stereocenters. The molecule has 1 aliphatic carbocycles. The van der Waals surface area contributed by atoms with E-state index in [0.29, 0.717) is 36.9 Å². The van der Waals surface area contributed by atoms with Crippen molar-refractivity contribution in [3.8, 4) is 11.6 Å². The van der Waals surface area contributed by atoms with Crippen LogP contribution in [0.15, 0.2) is 18.2 Å². The second kappa shape index (κ2) is 14.0. The fourth-order valence-corrected chi connectivity index (χ4v) is 6.60. The van der Waals surface area contributed by atoms with Crippen LogP contribution in [0.1, 0.15) is 85.8 Å². The zero-order chi connectivity index (χ0) is 35.0. The van der Waals surface area contributed by atoms with Gasteiger partial charge in [0.2, 0.25) is 11.8 Å². The van der Waals surface area contributed by atoms with Crippen molar-refractivity contribution < 1.29 is 42.1 Å². The van der Waals surface area contributed by atoms with Crippen LogP contribution in [0.4, 0.5) is 13.6 Å². The Labute approximate surface area is 280 Å². The molecule has 13 heteroatoms. The van der Waals surface area contributed by atoms with Gasteiger partial charge in [0.15, 0.2) is 5.69 Å². The standard InChI is InChI=1S/C35H48F2N4O7/c1-8-22-26-17-41(27(22)32(43)46-18-19(2)3)31(42)29(34(4,5)6)40-33(44)48-25-15-20(25)11-9-10-14-35(36,37)28-30(47-26)39-24-16-21(45-7)12-13-23(24)38-28/h12-13,16,19-20,22,25-27,29H,8-11,14-15,17-18H2,1-7H3,(H,40,44)/t20-,22-,25?,26+,27+,29-/m1/s1. The number of halogens is 2. The molecule has 0 radical (unpaired) electrons. The number of alkyl carbamates (subject to hydrolysis) is 1. The third-order valence-electron chi connectivity index (χ3n) is 9.41. The molecule has 2 bridgehead atoms. The summed E-state index contributed by atoms with van der Waals surface area (Å²) in [5.41, 5.74) is -0.807. The van der Waals surface area contributed by atoms with Crippen molar-refractivity contribution in [2.24, 2.45) is 23.2 Å². The van der Waals surface area contributed by atoms with Crippen molar-refractivity contribution in [2.75, 3.05) is 20.3 Å². The van der Waals surface area contributed by atoms with Gasteiger partial charge in [0.25, 0.3) is 5.92 Å². The Morgan fingerprint density at radius 1 is 1.12 bits per heavy atom. The summed E-state index contributed by atoms with van der Waals surface area (Å²) in [6.07, 6.45) is -0.144. The maximum atomic E-state index is 16.1. The van der Waals surface area contributed by atoms with Crippen LogP contribution in [0.3, 0.4) is 0 Å². The van der Waals surface area contributed by atoms with E-state index in [1.54, 1.807) is 18.2 Å². The maximum absolute atomic E-state index is 16.1. The molecule has 2 fully saturated rings. The van der Waals surface area contributed by atoms with Gasteiger partial charge in [0, 0.05) is 18.4 Å². The van der Waals surface area contributed by atoms with Gasteiger partial charge in [-0.1, -0.05) is 48.0 Å². The number of methoxy groups -OCH3 is 1. The number of carbonyl (C=O) groups excluding carboxylic acids is 3. The lowest BCUT2D eigenvalue weighted by Crippen LogP contribution is -2.57. The summed E-state index contributed by atoms with van der Waals surface area (Å²) in [6, 6.07) is 2.63. The topological polar surface area (TPSA) is 129 Å². The summed E-state index contributed by atoms with van der Waals surface area (Å²) in [4.78, 5) is 51.5. The molecule has 1 aromatic carbocycles. The first-order valence-electron chi connectivity index (χ1n) is 17.0. The van der Waals surface area contributed by atoms with Crippen molar-refractivity contribution in [3.63, 3.8) is 0 Å². The molecule has 0 spiro atoms. The van der Waals surface area contributed by atoms with Gasteiger partial charge >= 0.3 is 12.1 Å². The van der Waals surface area contributed by atoms with E-state index in [1.165, 1.54) is 12.0 Å². The third kappa shape index (κ3) is 7.75. The van der Waals surface area contributed by atoms with E-state index < -0.39 is 65.5 Å². The Kier molecular flexibility index (Phi) is 10.4. The molecular weight excluding hydrogens is 626 g/mol. The highest BCUT2D eigenvalue weighted by Crippen LogP contribution is 2.43. The summed E-state index contributed by atoms with van der Waals surface area (Å²) >= 11 is 0. The molecule has 1 aromatic heterocycles. The van der Waals surface area contributed by atoms with E-state index in [0.717, 1.165) is 0 Å². The molecule has 5 rings (SSSR count). The van der Waals surface area contributed by atoms with Crippen LogP contribution in [0.2, 0.25) is 0 Å². The minimum Gasteiger partial charge on any atom is -0.497 e. The third-order valence-corrected chi connectivity index (χ3v) is 9.41. The van der Waals surface area contributed by atoms with Gasteiger partial charge in [-0.15, -0.1) is 0 Å². The number of aromatic nitrogens is 2. The molecule has 1 unspecified atom stereocenters. The fourth-order valence-electron chi connectivity index (χ4n) is 6.60. The second-order valence-corrected chi connectivity index (χ2v) is 14.8. The summed E-state index contributed by atoms with van der Waals surface area (Å²) < 4.78 is 55.2. The van der Waals surface area contributed by atoms with E-state index in [-0.39, 0.29) is 48.9 Å². The Morgan fingerprint density at radius 2 is 1.88 bits per heavy atom. The first kappa shape index (κ1) is 35.5. The number of fused-ring (bicyclic) bond motifs is 5. The molecular formula is C35H48F2N4O7. The van der Waals surface area contributed by atoms with Crippen molar-refractivity contribution in [1.82, 2.24) is 20.2 Å². The lowest BCUT2D eigenvalue weighted by Gasteiger charge is -2.35. The lowest BCUT2D eigenvalue weighted by atomic mass is 9.85. The van der Waals surface area contributed by atoms with Gasteiger partial charge < -0.3 is 29.2 Å². The quantitative estimate of drug-likeness (QED) is 0.379. The molecule has 1 saturated heterocycles. The molecule has 1 saturated carbocycles. The predicted molar refractivity (Wildman–Crippen MR) is 173 cm³/mol. The van der Waals surface area contributed by atoms with Gasteiger partial charge in [0.1, 0.15) is 30.0 Å². The first-order chi connectivity index (χ1) is 22.6. The van der Waals surface area contributed by atoms with Crippen LogP contribution in [-0.2, 0) is 25.0 Å². The highest BCUT2D eigenvalue weighted by atomic mass is 19.3. The van der Waals surface area contributed by atoms with Gasteiger partial charge in [-0.3, -0.25) is 4.79 Å². The van der Waals surface area contributed by atoms with Crippen LogP contribution in [0.25, 0.3) is 11.0 Å². The van der Waals surface area contributed by atoms with Crippen LogP contribution in [0, 0.1) is 23.2 Å². The summed E-state index contributed by atoms with van der Waals surface area (Å²) in [5, 5.41) is 2.77. The lowest BCUT2D eigenvalue weighted by molar-refractivity contribution is -0.157. The van der Waals surface area contributed by atoms with E-state index in [1.807, 2.05) is 41.5 Å². The van der Waals surface area contributed by atoms with Crippen molar-refractivity contribution in [2.45, 2.75) is 110 Å². The maximum Gasteiger partial charge on any atom is 0.408 e. The number of hydrogen-bond acceptors (Lipinski definition) is 9. The van der Waals surface area contributed by atoms with Crippen LogP contribution in [-0.4, -0.2) is 77.4 Å². The van der Waals surface area contributed by atoms with Crippen LogP contribution in [0.5, 0.6) is 11.6 Å². The molecule has 11 nitrogen and oxygen atoms in total. The Bertz CT molecular complexity index is 1510. The van der Waals surface area contributed by atoms with Gasteiger partial charge in [-0.25, -0.2) is 19.6 Å². The number of amides is 2. The molecule has 3 aliphatic rings. The molecule has 264 valence electrons. The number of carbonyl (C=O) groups is 3.